The van der Waals surface area contributed by atoms with Gasteiger partial charge in [-0.3, -0.25) is 0 Å². The summed E-state index contributed by atoms with van der Waals surface area (Å²) in [5.74, 6) is -4.34. The average Bonchev–Trinajstić information content (AvgIpc) is 2.62. The van der Waals surface area contributed by atoms with E-state index in [0.29, 0.717) is 0 Å². The molecule has 28 nitrogen and oxygen atoms in total. The van der Waals surface area contributed by atoms with Crippen LogP contribution in [0, 0.1) is 0 Å². The molecule has 1 aliphatic rings. The van der Waals surface area contributed by atoms with E-state index in [0.717, 1.165) is 0 Å². The SMILES string of the molecule is O=P(O)(O)OP(=O)(O[C@]1(O)[C@H](O)[C@H](O)[C@@H](O)[C@H](O)[C@H]1O)OP(=O)(OP(=O)(O)O)OP(=O)(OP(=O)(O)O)OP(=O)(O)O. The van der Waals surface area contributed by atoms with Crippen LogP contribution in [0.25, 0.3) is 0 Å². The summed E-state index contributed by atoms with van der Waals surface area (Å²) in [6.07, 6.45) is -14.7. The lowest BCUT2D eigenvalue weighted by atomic mass is 9.82. The van der Waals surface area contributed by atoms with Crippen LogP contribution in [0.1, 0.15) is 0 Å². The Hall–Kier alpha value is 0.770. The van der Waals surface area contributed by atoms with Gasteiger partial charge >= 0.3 is 54.8 Å². The number of aliphatic hydroxyl groups excluding tert-OH is 5. The fraction of sp³-hybridized carbons (Fsp3) is 1.00. The van der Waals surface area contributed by atoms with Crippen molar-refractivity contribution in [1.82, 2.24) is 0 Å². The van der Waals surface area contributed by atoms with Crippen molar-refractivity contribution in [1.29, 1.82) is 0 Å². The predicted octanol–water partition coefficient (Wildman–Crippen LogP) is -3.70. The van der Waals surface area contributed by atoms with Gasteiger partial charge in [0.15, 0.2) is 0 Å². The van der Waals surface area contributed by atoms with Crippen LogP contribution in [0.5, 0.6) is 0 Å². The molecule has 1 saturated carbocycles. The highest BCUT2D eigenvalue weighted by molar-refractivity contribution is 7.76. The van der Waals surface area contributed by atoms with Gasteiger partial charge in [0.2, 0.25) is 5.79 Å². The van der Waals surface area contributed by atoms with Crippen molar-refractivity contribution in [3.8, 4) is 0 Å². The van der Waals surface area contributed by atoms with Gasteiger partial charge in [-0.1, -0.05) is 0 Å². The topological polar surface area (TPSA) is 467 Å². The first-order valence-corrected chi connectivity index (χ1v) is 19.4. The number of rotatable bonds is 14. The molecule has 1 fully saturated rings. The minimum atomic E-state index is -7.29. The van der Waals surface area contributed by atoms with Gasteiger partial charge in [0.25, 0.3) is 0 Å². The molecule has 0 aliphatic heterocycles. The Balaban J connectivity index is 3.81. The van der Waals surface area contributed by atoms with Crippen LogP contribution in [0.3, 0.4) is 0 Å². The Labute approximate surface area is 223 Å². The van der Waals surface area contributed by atoms with Crippen molar-refractivity contribution in [2.45, 2.75) is 36.3 Å². The molecule has 0 amide bonds. The summed E-state index contributed by atoms with van der Waals surface area (Å²) in [6.45, 7) is 0. The minimum absolute atomic E-state index is 2.57. The Kier molecular flexibility index (Phi) is 12.5. The zero-order valence-electron chi connectivity index (χ0n) is 18.5. The average molecular weight is 756 g/mol. The largest absolute Gasteiger partial charge is 0.501 e. The quantitative estimate of drug-likeness (QED) is 0.0599. The van der Waals surface area contributed by atoms with Crippen LogP contribution in [-0.2, 0) is 62.3 Å². The molecule has 8 atom stereocenters. The molecule has 0 radical (unpaired) electrons. The summed E-state index contributed by atoms with van der Waals surface area (Å²) in [5.41, 5.74) is 0. The third-order valence-corrected chi connectivity index (χ3v) is 14.0. The second-order valence-corrected chi connectivity index (χ2v) is 17.7. The second kappa shape index (κ2) is 12.9. The third kappa shape index (κ3) is 12.2. The van der Waals surface area contributed by atoms with E-state index in [9.17, 15) is 62.6 Å². The Morgan fingerprint density at radius 1 is 0.415 bits per heavy atom. The summed E-state index contributed by atoms with van der Waals surface area (Å²) in [4.78, 5) is 70.9. The molecule has 0 spiro atoms. The van der Waals surface area contributed by atoms with Crippen molar-refractivity contribution in [3.05, 3.63) is 0 Å². The molecular formula is C6H19O28P7. The fourth-order valence-electron chi connectivity index (χ4n) is 2.43. The van der Waals surface area contributed by atoms with Crippen LogP contribution >= 0.6 is 54.8 Å². The summed E-state index contributed by atoms with van der Waals surface area (Å²) >= 11 is 0. The van der Waals surface area contributed by atoms with Crippen molar-refractivity contribution in [2.24, 2.45) is 0 Å². The lowest BCUT2D eigenvalue weighted by Gasteiger charge is -2.47. The number of phosphoric acid groups is 7. The van der Waals surface area contributed by atoms with Gasteiger partial charge in [0.05, 0.1) is 0 Å². The summed E-state index contributed by atoms with van der Waals surface area (Å²) in [6, 6.07) is 0. The van der Waals surface area contributed by atoms with E-state index in [-0.39, 0.29) is 0 Å². The van der Waals surface area contributed by atoms with Crippen LogP contribution in [0.4, 0.5) is 0 Å². The molecule has 1 aliphatic carbocycles. The number of aliphatic hydroxyl groups is 6. The van der Waals surface area contributed by atoms with Crippen LogP contribution in [0.2, 0.25) is 0 Å². The molecule has 246 valence electrons. The van der Waals surface area contributed by atoms with E-state index in [1.807, 2.05) is 0 Å². The molecule has 0 bridgehead atoms. The molecule has 0 aromatic rings. The highest BCUT2D eigenvalue weighted by Crippen LogP contribution is 2.82. The van der Waals surface area contributed by atoms with E-state index >= 15 is 0 Å². The molecule has 0 aromatic carbocycles. The van der Waals surface area contributed by atoms with E-state index in [2.05, 4.69) is 30.4 Å². The third-order valence-electron chi connectivity index (χ3n) is 3.68. The minimum Gasteiger partial charge on any atom is -0.387 e. The van der Waals surface area contributed by atoms with Crippen molar-refractivity contribution < 1.29 is 132 Å². The highest BCUT2D eigenvalue weighted by Gasteiger charge is 2.64. The van der Waals surface area contributed by atoms with Crippen molar-refractivity contribution in [2.75, 3.05) is 0 Å². The fourth-order valence-corrected chi connectivity index (χ4v) is 12.1. The van der Waals surface area contributed by atoms with Gasteiger partial charge < -0.3 is 69.8 Å². The molecule has 0 heterocycles. The molecular weight excluding hydrogens is 737 g/mol. The van der Waals surface area contributed by atoms with Gasteiger partial charge in [-0.2, -0.15) is 25.9 Å². The van der Waals surface area contributed by atoms with E-state index in [1.165, 1.54) is 0 Å². The number of hydrogen-bond donors (Lipinski definition) is 14. The highest BCUT2D eigenvalue weighted by atomic mass is 31.3. The zero-order chi connectivity index (χ0) is 32.8. The second-order valence-electron chi connectivity index (χ2n) is 7.00. The van der Waals surface area contributed by atoms with Gasteiger partial charge in [0.1, 0.15) is 30.5 Å². The maximum Gasteiger partial charge on any atom is 0.501 e. The van der Waals surface area contributed by atoms with Crippen LogP contribution in [0.15, 0.2) is 0 Å². The molecule has 1 rings (SSSR count). The predicted molar refractivity (Wildman–Crippen MR) is 114 cm³/mol. The van der Waals surface area contributed by atoms with Crippen LogP contribution < -0.4 is 0 Å². The maximum atomic E-state index is 13.0. The van der Waals surface area contributed by atoms with E-state index in [4.69, 9.17) is 39.1 Å². The Morgan fingerprint density at radius 3 is 0.951 bits per heavy atom. The van der Waals surface area contributed by atoms with Crippen LogP contribution in [-0.4, -0.2) is 106 Å². The first kappa shape index (κ1) is 39.8. The van der Waals surface area contributed by atoms with E-state index in [1.54, 1.807) is 0 Å². The smallest absolute Gasteiger partial charge is 0.387 e. The van der Waals surface area contributed by atoms with Crippen molar-refractivity contribution >= 4 is 54.8 Å². The Morgan fingerprint density at radius 2 is 0.659 bits per heavy atom. The Bertz CT molecular complexity index is 1230. The number of hydrogen-bond acceptors (Lipinski definition) is 20. The lowest BCUT2D eigenvalue weighted by molar-refractivity contribution is -0.336. The van der Waals surface area contributed by atoms with Gasteiger partial charge in [-0.15, -0.1) is 0 Å². The van der Waals surface area contributed by atoms with Crippen molar-refractivity contribution in [3.63, 3.8) is 0 Å². The summed E-state index contributed by atoms with van der Waals surface area (Å²) < 4.78 is 107. The molecule has 2 unspecified atom stereocenters. The molecule has 0 aromatic heterocycles. The monoisotopic (exact) mass is 756 g/mol. The zero-order valence-corrected chi connectivity index (χ0v) is 24.8. The first-order chi connectivity index (χ1) is 17.7. The molecule has 41 heavy (non-hydrogen) atoms. The maximum absolute atomic E-state index is 13.0. The van der Waals surface area contributed by atoms with Gasteiger partial charge in [0, 0.05) is 0 Å². The molecule has 35 heteroatoms. The molecule has 14 N–H and O–H groups in total. The van der Waals surface area contributed by atoms with Gasteiger partial charge in [-0.25, -0.2) is 36.5 Å². The molecule has 0 saturated heterocycles. The first-order valence-electron chi connectivity index (χ1n) is 8.88. The van der Waals surface area contributed by atoms with Gasteiger partial charge in [-0.05, 0) is 0 Å². The standard InChI is InChI=1S/C6H19O28P7/c7-1-2(8)4(10)6(12,5(11)3(1)9)28-39(25,29-35(13,14)15)33-41(27,32-38(22,23)24)34-40(26,30-36(16,17)18)31-37(19,20)21/h1-5,7-12H,(H2,13,14,15)(H2,16,17,18)(H2,19,20,21)(H2,22,23,24)/t1-,2-,3+,4-,5-,6-,39?,41?/m1/s1. The lowest BCUT2D eigenvalue weighted by Crippen LogP contribution is -2.71. The summed E-state index contributed by atoms with van der Waals surface area (Å²) in [5, 5.41) is 59.2. The summed E-state index contributed by atoms with van der Waals surface area (Å²) in [7, 11) is -47.3. The van der Waals surface area contributed by atoms with E-state index < -0.39 is 91.1 Å². The normalized spacial score (nSPS) is 31.8.